The number of hydrogen-bond donors (Lipinski definition) is 1. The lowest BCUT2D eigenvalue weighted by Crippen LogP contribution is -2.25. The minimum absolute atomic E-state index is 0.0727. The molecule has 20 heavy (non-hydrogen) atoms. The van der Waals surface area contributed by atoms with Crippen LogP contribution in [0.3, 0.4) is 0 Å². The first-order valence-corrected chi connectivity index (χ1v) is 7.50. The second-order valence-corrected chi connectivity index (χ2v) is 5.57. The summed E-state index contributed by atoms with van der Waals surface area (Å²) in [6.45, 7) is 3.81. The van der Waals surface area contributed by atoms with Crippen molar-refractivity contribution in [3.8, 4) is 0 Å². The molecule has 0 saturated heterocycles. The van der Waals surface area contributed by atoms with E-state index in [1.807, 2.05) is 20.2 Å². The largest absolute Gasteiger partial charge is 0.352 e. The van der Waals surface area contributed by atoms with Gasteiger partial charge in [-0.1, -0.05) is 24.9 Å². The van der Waals surface area contributed by atoms with Gasteiger partial charge in [0, 0.05) is 17.8 Å². The monoisotopic (exact) mass is 297 g/mol. The van der Waals surface area contributed by atoms with Crippen LogP contribution in [0.15, 0.2) is 12.1 Å². The molecule has 0 aliphatic carbocycles. The number of pyridine rings is 1. The molecule has 0 saturated carbocycles. The van der Waals surface area contributed by atoms with Gasteiger partial charge in [-0.05, 0) is 52.0 Å². The lowest BCUT2D eigenvalue weighted by atomic mass is 10.1. The van der Waals surface area contributed by atoms with Crippen LogP contribution in [0, 0.1) is 0 Å². The Morgan fingerprint density at radius 1 is 1.35 bits per heavy atom. The van der Waals surface area contributed by atoms with E-state index in [0.29, 0.717) is 17.3 Å². The van der Waals surface area contributed by atoms with E-state index in [2.05, 4.69) is 22.1 Å². The molecular weight excluding hydrogens is 274 g/mol. The Morgan fingerprint density at radius 3 is 2.75 bits per heavy atom. The molecule has 1 N–H and O–H groups in total. The third kappa shape index (κ3) is 6.35. The number of nitrogens with zero attached hydrogens (tertiary/aromatic N) is 2. The van der Waals surface area contributed by atoms with Gasteiger partial charge in [0.05, 0.1) is 0 Å². The Morgan fingerprint density at radius 2 is 2.10 bits per heavy atom. The van der Waals surface area contributed by atoms with E-state index in [0.717, 1.165) is 37.9 Å². The van der Waals surface area contributed by atoms with Crippen molar-refractivity contribution >= 4 is 17.5 Å². The fraction of sp³-hybridized carbons (Fsp3) is 0.600. The predicted molar refractivity (Wildman–Crippen MR) is 83.4 cm³/mol. The first-order chi connectivity index (χ1) is 9.52. The molecule has 1 rings (SSSR count). The van der Waals surface area contributed by atoms with Gasteiger partial charge in [-0.25, -0.2) is 4.98 Å². The second kappa shape index (κ2) is 8.93. The van der Waals surface area contributed by atoms with Crippen LogP contribution in [0.2, 0.25) is 5.15 Å². The fourth-order valence-electron chi connectivity index (χ4n) is 1.92. The third-order valence-corrected chi connectivity index (χ3v) is 3.13. The summed E-state index contributed by atoms with van der Waals surface area (Å²) >= 11 is 5.95. The van der Waals surface area contributed by atoms with E-state index in [9.17, 15) is 4.79 Å². The van der Waals surface area contributed by atoms with Gasteiger partial charge in [0.15, 0.2) is 0 Å². The molecule has 0 radical (unpaired) electrons. The molecule has 0 spiro atoms. The Kier molecular flexibility index (Phi) is 7.55. The Bertz CT molecular complexity index is 435. The highest BCUT2D eigenvalue weighted by atomic mass is 35.5. The molecular formula is C15H24ClN3O. The summed E-state index contributed by atoms with van der Waals surface area (Å²) in [6.07, 6.45) is 3.87. The molecule has 4 nitrogen and oxygen atoms in total. The van der Waals surface area contributed by atoms with Crippen LogP contribution in [0.4, 0.5) is 0 Å². The third-order valence-electron chi connectivity index (χ3n) is 2.93. The number of hydrogen-bond acceptors (Lipinski definition) is 3. The van der Waals surface area contributed by atoms with E-state index in [-0.39, 0.29) is 5.91 Å². The molecule has 1 aromatic rings. The highest BCUT2D eigenvalue weighted by Crippen LogP contribution is 2.12. The van der Waals surface area contributed by atoms with E-state index in [1.54, 1.807) is 6.07 Å². The van der Waals surface area contributed by atoms with E-state index < -0.39 is 0 Å². The molecule has 0 aromatic carbocycles. The highest BCUT2D eigenvalue weighted by molar-refractivity contribution is 6.29. The van der Waals surface area contributed by atoms with Crippen molar-refractivity contribution in [1.29, 1.82) is 0 Å². The smallest absolute Gasteiger partial charge is 0.251 e. The number of carbonyl (C=O) groups excluding carboxylic acids is 1. The van der Waals surface area contributed by atoms with Crippen LogP contribution >= 0.6 is 11.6 Å². The molecule has 0 fully saturated rings. The van der Waals surface area contributed by atoms with Gasteiger partial charge in [-0.3, -0.25) is 4.79 Å². The van der Waals surface area contributed by atoms with Gasteiger partial charge in [0.2, 0.25) is 0 Å². The van der Waals surface area contributed by atoms with Crippen molar-refractivity contribution < 1.29 is 4.79 Å². The number of carbonyl (C=O) groups is 1. The van der Waals surface area contributed by atoms with Crippen LogP contribution in [0.25, 0.3) is 0 Å². The zero-order chi connectivity index (χ0) is 15.0. The normalized spacial score (nSPS) is 10.8. The minimum atomic E-state index is -0.0727. The minimum Gasteiger partial charge on any atom is -0.352 e. The summed E-state index contributed by atoms with van der Waals surface area (Å²) in [4.78, 5) is 18.4. The quantitative estimate of drug-likeness (QED) is 0.593. The Balaban J connectivity index is 2.46. The second-order valence-electron chi connectivity index (χ2n) is 5.19. The van der Waals surface area contributed by atoms with E-state index in [4.69, 9.17) is 11.6 Å². The predicted octanol–water partition coefficient (Wildman–Crippen LogP) is 2.76. The van der Waals surface area contributed by atoms with Gasteiger partial charge in [-0.2, -0.15) is 0 Å². The molecule has 1 amide bonds. The summed E-state index contributed by atoms with van der Waals surface area (Å²) in [5, 5.41) is 3.31. The lowest BCUT2D eigenvalue weighted by molar-refractivity contribution is 0.0952. The number of halogens is 1. The van der Waals surface area contributed by atoms with Gasteiger partial charge in [0.1, 0.15) is 5.15 Å². The SMILES string of the molecule is CCCc1cc(C(=O)NCCCCN(C)C)cc(Cl)n1. The van der Waals surface area contributed by atoms with Crippen molar-refractivity contribution in [2.45, 2.75) is 32.6 Å². The number of rotatable bonds is 8. The Labute approximate surface area is 126 Å². The molecule has 0 atom stereocenters. The molecule has 0 aliphatic heterocycles. The number of aromatic nitrogens is 1. The van der Waals surface area contributed by atoms with Crippen LogP contribution in [-0.2, 0) is 6.42 Å². The number of unbranched alkanes of at least 4 members (excludes halogenated alkanes) is 1. The van der Waals surface area contributed by atoms with Crippen LogP contribution in [0.5, 0.6) is 0 Å². The van der Waals surface area contributed by atoms with Crippen LogP contribution in [0.1, 0.15) is 42.2 Å². The van der Waals surface area contributed by atoms with Crippen LogP contribution in [-0.4, -0.2) is 43.0 Å². The maximum Gasteiger partial charge on any atom is 0.251 e. The van der Waals surface area contributed by atoms with Crippen molar-refractivity contribution in [1.82, 2.24) is 15.2 Å². The molecule has 0 unspecified atom stereocenters. The van der Waals surface area contributed by atoms with Crippen molar-refractivity contribution in [3.63, 3.8) is 0 Å². The molecule has 5 heteroatoms. The zero-order valence-corrected chi connectivity index (χ0v) is 13.3. The molecule has 0 bridgehead atoms. The summed E-state index contributed by atoms with van der Waals surface area (Å²) in [7, 11) is 4.10. The van der Waals surface area contributed by atoms with Gasteiger partial charge in [0.25, 0.3) is 5.91 Å². The first-order valence-electron chi connectivity index (χ1n) is 7.12. The number of aryl methyl sites for hydroxylation is 1. The van der Waals surface area contributed by atoms with Crippen molar-refractivity contribution in [3.05, 3.63) is 28.5 Å². The lowest BCUT2D eigenvalue weighted by Gasteiger charge is -2.10. The molecule has 1 aromatic heterocycles. The zero-order valence-electron chi connectivity index (χ0n) is 12.6. The molecule has 0 aliphatic rings. The number of nitrogens with one attached hydrogen (secondary N) is 1. The van der Waals surface area contributed by atoms with Gasteiger partial charge in [-0.15, -0.1) is 0 Å². The van der Waals surface area contributed by atoms with Crippen molar-refractivity contribution in [2.24, 2.45) is 0 Å². The summed E-state index contributed by atoms with van der Waals surface area (Å²) in [5.74, 6) is -0.0727. The summed E-state index contributed by atoms with van der Waals surface area (Å²) in [5.41, 5.74) is 1.47. The maximum atomic E-state index is 12.0. The van der Waals surface area contributed by atoms with Crippen molar-refractivity contribution in [2.75, 3.05) is 27.2 Å². The standard InChI is InChI=1S/C15H24ClN3O/c1-4-7-13-10-12(11-14(16)18-13)15(20)17-8-5-6-9-19(2)3/h10-11H,4-9H2,1-3H3,(H,17,20). The first kappa shape index (κ1) is 16.9. The van der Waals surface area contributed by atoms with E-state index >= 15 is 0 Å². The summed E-state index contributed by atoms with van der Waals surface area (Å²) < 4.78 is 0. The summed E-state index contributed by atoms with van der Waals surface area (Å²) in [6, 6.07) is 3.44. The molecule has 1 heterocycles. The fourth-order valence-corrected chi connectivity index (χ4v) is 2.15. The van der Waals surface area contributed by atoms with E-state index in [1.165, 1.54) is 0 Å². The maximum absolute atomic E-state index is 12.0. The van der Waals surface area contributed by atoms with Crippen LogP contribution < -0.4 is 5.32 Å². The highest BCUT2D eigenvalue weighted by Gasteiger charge is 2.08. The number of amides is 1. The topological polar surface area (TPSA) is 45.2 Å². The van der Waals surface area contributed by atoms with Gasteiger partial charge < -0.3 is 10.2 Å². The average Bonchev–Trinajstić information content (AvgIpc) is 2.37. The molecule has 112 valence electrons. The average molecular weight is 298 g/mol. The Hall–Kier alpha value is -1.13. The van der Waals surface area contributed by atoms with Gasteiger partial charge >= 0.3 is 0 Å².